The molecule has 3 nitrogen and oxygen atoms in total. The average Bonchev–Trinajstić information content (AvgIpc) is 2.39. The molecular formula is C13H11NO2. The fourth-order valence-electron chi connectivity index (χ4n) is 1.52. The van der Waals surface area contributed by atoms with E-state index in [-0.39, 0.29) is 5.78 Å². The van der Waals surface area contributed by atoms with Crippen molar-refractivity contribution in [3.63, 3.8) is 0 Å². The summed E-state index contributed by atoms with van der Waals surface area (Å²) in [7, 11) is 0. The number of para-hydroxylation sites is 1. The Bertz CT molecular complexity index is 494. The van der Waals surface area contributed by atoms with Crippen LogP contribution in [-0.2, 0) is 0 Å². The first-order chi connectivity index (χ1) is 7.83. The number of hydrogen-bond acceptors (Lipinski definition) is 3. The quantitative estimate of drug-likeness (QED) is 0.608. The van der Waals surface area contributed by atoms with Crippen LogP contribution in [0.2, 0.25) is 0 Å². The van der Waals surface area contributed by atoms with Crippen molar-refractivity contribution in [2.75, 3.05) is 5.48 Å². The van der Waals surface area contributed by atoms with E-state index >= 15 is 0 Å². The van der Waals surface area contributed by atoms with Crippen molar-refractivity contribution in [2.45, 2.75) is 0 Å². The Morgan fingerprint density at radius 2 is 1.56 bits per heavy atom. The molecular weight excluding hydrogens is 202 g/mol. The number of carbonyl (C=O) groups is 1. The third kappa shape index (κ3) is 1.94. The second kappa shape index (κ2) is 4.59. The first kappa shape index (κ1) is 10.4. The predicted octanol–water partition coefficient (Wildman–Crippen LogP) is 2.72. The van der Waals surface area contributed by atoms with Crippen LogP contribution in [-0.4, -0.2) is 11.0 Å². The van der Waals surface area contributed by atoms with E-state index in [1.165, 1.54) is 0 Å². The molecule has 3 heteroatoms. The van der Waals surface area contributed by atoms with E-state index < -0.39 is 0 Å². The molecule has 2 N–H and O–H groups in total. The Kier molecular flexibility index (Phi) is 2.98. The lowest BCUT2D eigenvalue weighted by molar-refractivity contribution is 0.103. The highest BCUT2D eigenvalue weighted by Gasteiger charge is 2.11. The minimum absolute atomic E-state index is 0.113. The van der Waals surface area contributed by atoms with Crippen LogP contribution in [0.3, 0.4) is 0 Å². The van der Waals surface area contributed by atoms with E-state index in [0.29, 0.717) is 16.8 Å². The van der Waals surface area contributed by atoms with Gasteiger partial charge in [0.15, 0.2) is 5.78 Å². The number of rotatable bonds is 3. The Hall–Kier alpha value is -2.13. The molecule has 0 bridgehead atoms. The van der Waals surface area contributed by atoms with Crippen LogP contribution in [0.5, 0.6) is 0 Å². The summed E-state index contributed by atoms with van der Waals surface area (Å²) in [5.74, 6) is -0.113. The van der Waals surface area contributed by atoms with Gasteiger partial charge >= 0.3 is 0 Å². The molecule has 0 aliphatic heterocycles. The van der Waals surface area contributed by atoms with Crippen molar-refractivity contribution in [3.8, 4) is 0 Å². The molecule has 0 fully saturated rings. The van der Waals surface area contributed by atoms with Crippen molar-refractivity contribution in [3.05, 3.63) is 65.7 Å². The van der Waals surface area contributed by atoms with E-state index in [1.54, 1.807) is 36.4 Å². The molecule has 2 aromatic carbocycles. The molecule has 0 aliphatic rings. The summed E-state index contributed by atoms with van der Waals surface area (Å²) in [6.07, 6.45) is 0. The SMILES string of the molecule is O=C(c1ccccc1)c1ccccc1NO. The number of anilines is 1. The predicted molar refractivity (Wildman–Crippen MR) is 61.7 cm³/mol. The molecule has 2 rings (SSSR count). The fraction of sp³-hybridized carbons (Fsp3) is 0. The van der Waals surface area contributed by atoms with Gasteiger partial charge in [0.25, 0.3) is 0 Å². The summed E-state index contributed by atoms with van der Waals surface area (Å²) in [6.45, 7) is 0. The molecule has 80 valence electrons. The minimum Gasteiger partial charge on any atom is -0.291 e. The zero-order chi connectivity index (χ0) is 11.4. The van der Waals surface area contributed by atoms with E-state index in [9.17, 15) is 4.79 Å². The smallest absolute Gasteiger partial charge is 0.195 e. The largest absolute Gasteiger partial charge is 0.291 e. The van der Waals surface area contributed by atoms with Crippen molar-refractivity contribution in [1.82, 2.24) is 0 Å². The Morgan fingerprint density at radius 3 is 2.25 bits per heavy atom. The number of benzene rings is 2. The molecule has 0 atom stereocenters. The van der Waals surface area contributed by atoms with Crippen LogP contribution >= 0.6 is 0 Å². The molecule has 0 heterocycles. The third-order valence-electron chi connectivity index (χ3n) is 2.33. The highest BCUT2D eigenvalue weighted by Crippen LogP contribution is 2.18. The van der Waals surface area contributed by atoms with Gasteiger partial charge in [-0.05, 0) is 12.1 Å². The lowest BCUT2D eigenvalue weighted by atomic mass is 10.0. The van der Waals surface area contributed by atoms with Gasteiger partial charge in [-0.2, -0.15) is 0 Å². The third-order valence-corrected chi connectivity index (χ3v) is 2.33. The maximum Gasteiger partial charge on any atom is 0.195 e. The molecule has 0 radical (unpaired) electrons. The molecule has 16 heavy (non-hydrogen) atoms. The average molecular weight is 213 g/mol. The Morgan fingerprint density at radius 1 is 0.938 bits per heavy atom. The van der Waals surface area contributed by atoms with Crippen molar-refractivity contribution >= 4 is 11.5 Å². The number of hydrogen-bond donors (Lipinski definition) is 2. The van der Waals surface area contributed by atoms with E-state index in [1.807, 2.05) is 23.7 Å². The molecule has 0 saturated carbocycles. The van der Waals surface area contributed by atoms with Gasteiger partial charge in [-0.25, -0.2) is 0 Å². The summed E-state index contributed by atoms with van der Waals surface area (Å²) >= 11 is 0. The van der Waals surface area contributed by atoms with Gasteiger partial charge < -0.3 is 0 Å². The van der Waals surface area contributed by atoms with Crippen LogP contribution < -0.4 is 5.48 Å². The summed E-state index contributed by atoms with van der Waals surface area (Å²) < 4.78 is 0. The van der Waals surface area contributed by atoms with E-state index in [0.717, 1.165) is 0 Å². The molecule has 2 aromatic rings. The van der Waals surface area contributed by atoms with Crippen LogP contribution in [0, 0.1) is 0 Å². The molecule has 0 amide bonds. The lowest BCUT2D eigenvalue weighted by Crippen LogP contribution is -2.05. The normalized spacial score (nSPS) is 9.81. The number of nitrogens with one attached hydrogen (secondary N) is 1. The number of ketones is 1. The highest BCUT2D eigenvalue weighted by atomic mass is 16.5. The lowest BCUT2D eigenvalue weighted by Gasteiger charge is -2.06. The summed E-state index contributed by atoms with van der Waals surface area (Å²) in [4.78, 5) is 12.1. The van der Waals surface area contributed by atoms with Crippen LogP contribution in [0.25, 0.3) is 0 Å². The van der Waals surface area contributed by atoms with Crippen molar-refractivity contribution < 1.29 is 10.0 Å². The summed E-state index contributed by atoms with van der Waals surface area (Å²) in [5.41, 5.74) is 3.50. The topological polar surface area (TPSA) is 49.3 Å². The van der Waals surface area contributed by atoms with Crippen molar-refractivity contribution in [1.29, 1.82) is 0 Å². The van der Waals surface area contributed by atoms with Gasteiger partial charge in [-0.3, -0.25) is 15.5 Å². The van der Waals surface area contributed by atoms with Gasteiger partial charge in [0.2, 0.25) is 0 Å². The first-order valence-corrected chi connectivity index (χ1v) is 4.92. The van der Waals surface area contributed by atoms with E-state index in [2.05, 4.69) is 0 Å². The van der Waals surface area contributed by atoms with Crippen LogP contribution in [0.1, 0.15) is 15.9 Å². The summed E-state index contributed by atoms with van der Waals surface area (Å²) in [5, 5.41) is 8.91. The fourth-order valence-corrected chi connectivity index (χ4v) is 1.52. The Labute approximate surface area is 93.3 Å². The monoisotopic (exact) mass is 213 g/mol. The zero-order valence-electron chi connectivity index (χ0n) is 8.55. The highest BCUT2D eigenvalue weighted by molar-refractivity contribution is 6.12. The maximum atomic E-state index is 12.1. The first-order valence-electron chi connectivity index (χ1n) is 4.92. The van der Waals surface area contributed by atoms with Gasteiger partial charge in [-0.15, -0.1) is 0 Å². The molecule has 0 aliphatic carbocycles. The van der Waals surface area contributed by atoms with Gasteiger partial charge in [-0.1, -0.05) is 42.5 Å². The van der Waals surface area contributed by atoms with Crippen molar-refractivity contribution in [2.24, 2.45) is 0 Å². The Balaban J connectivity index is 2.42. The molecule has 0 unspecified atom stereocenters. The van der Waals surface area contributed by atoms with E-state index in [4.69, 9.17) is 5.21 Å². The van der Waals surface area contributed by atoms with Gasteiger partial charge in [0.1, 0.15) is 0 Å². The van der Waals surface area contributed by atoms with Gasteiger partial charge in [0, 0.05) is 11.1 Å². The molecule has 0 spiro atoms. The maximum absolute atomic E-state index is 12.1. The van der Waals surface area contributed by atoms with Gasteiger partial charge in [0.05, 0.1) is 5.69 Å². The molecule has 0 saturated heterocycles. The number of carbonyl (C=O) groups excluding carboxylic acids is 1. The second-order valence-electron chi connectivity index (χ2n) is 3.35. The van der Waals surface area contributed by atoms with Crippen LogP contribution in [0.15, 0.2) is 54.6 Å². The molecule has 0 aromatic heterocycles. The summed E-state index contributed by atoms with van der Waals surface area (Å²) in [6, 6.07) is 15.8. The van der Waals surface area contributed by atoms with Crippen LogP contribution in [0.4, 0.5) is 5.69 Å². The second-order valence-corrected chi connectivity index (χ2v) is 3.35. The standard InChI is InChI=1S/C13H11NO2/c15-13(10-6-2-1-3-7-10)11-8-4-5-9-12(11)14-16/h1-9,14,16H. The minimum atomic E-state index is -0.113. The zero-order valence-corrected chi connectivity index (χ0v) is 8.55.